The fraction of sp³-hybridized carbons (Fsp3) is 0.0769. The molecule has 2 amide bonds. The average molecular weight is 435 g/mol. The van der Waals surface area contributed by atoms with E-state index < -0.39 is 22.9 Å². The van der Waals surface area contributed by atoms with Gasteiger partial charge in [0.2, 0.25) is 5.91 Å². The lowest BCUT2D eigenvalue weighted by Crippen LogP contribution is -2.22. The number of fused-ring (bicyclic) bond motifs is 4. The van der Waals surface area contributed by atoms with Crippen molar-refractivity contribution in [3.63, 3.8) is 0 Å². The number of nitrogens with two attached hydrogens (primary N) is 1. The first kappa shape index (κ1) is 19.2. The molecule has 5 aromatic carbocycles. The predicted molar refractivity (Wildman–Crippen MR) is 130 cm³/mol. The van der Waals surface area contributed by atoms with E-state index >= 15 is 0 Å². The number of benzene rings is 5. The highest BCUT2D eigenvalue weighted by Crippen LogP contribution is 2.44. The first-order valence-electron chi connectivity index (χ1n) is 10.4. The van der Waals surface area contributed by atoms with Crippen molar-refractivity contribution in [1.29, 1.82) is 0 Å². The summed E-state index contributed by atoms with van der Waals surface area (Å²) in [7, 11) is 2.87. The van der Waals surface area contributed by atoms with Crippen LogP contribution in [-0.4, -0.2) is 23.4 Å². The summed E-state index contributed by atoms with van der Waals surface area (Å²) in [5.41, 5.74) is 4.81. The summed E-state index contributed by atoms with van der Waals surface area (Å²) >= 11 is 0. The Balaban J connectivity index is 2.16. The summed E-state index contributed by atoms with van der Waals surface area (Å²) in [5.74, 6) is -1.29. The minimum atomic E-state index is -0.867. The van der Waals surface area contributed by atoms with Crippen LogP contribution in [0.3, 0.4) is 0 Å². The van der Waals surface area contributed by atoms with Crippen LogP contribution < -0.4 is 22.2 Å². The quantitative estimate of drug-likeness (QED) is 0.322. The topological polar surface area (TPSA) is 111 Å². The molecule has 0 aliphatic carbocycles. The molecule has 0 aliphatic heterocycles. The van der Waals surface area contributed by atoms with Crippen LogP contribution in [0.25, 0.3) is 53.9 Å². The van der Waals surface area contributed by atoms with E-state index in [1.54, 1.807) is 6.07 Å². The van der Waals surface area contributed by atoms with Gasteiger partial charge in [0, 0.05) is 30.4 Å². The van der Waals surface area contributed by atoms with Crippen LogP contribution in [0.15, 0.2) is 58.1 Å². The van der Waals surface area contributed by atoms with Gasteiger partial charge in [-0.25, -0.2) is 0 Å². The van der Waals surface area contributed by atoms with E-state index in [-0.39, 0.29) is 27.3 Å². The third kappa shape index (κ3) is 2.18. The molecule has 1 heterocycles. The third-order valence-electron chi connectivity index (χ3n) is 6.67. The molecule has 0 saturated heterocycles. The number of primary amides is 1. The van der Waals surface area contributed by atoms with E-state index in [9.17, 15) is 19.2 Å². The first-order valence-corrected chi connectivity index (χ1v) is 10.4. The zero-order valence-corrected chi connectivity index (χ0v) is 17.8. The second kappa shape index (κ2) is 6.26. The predicted octanol–water partition coefficient (Wildman–Crippen LogP) is 2.85. The van der Waals surface area contributed by atoms with Gasteiger partial charge in [-0.05, 0) is 38.4 Å². The number of nitrogens with zero attached hydrogens (tertiary/aromatic N) is 1. The maximum atomic E-state index is 13.3. The van der Waals surface area contributed by atoms with Crippen LogP contribution >= 0.6 is 0 Å². The van der Waals surface area contributed by atoms with E-state index in [0.29, 0.717) is 10.8 Å². The molecule has 0 unspecified atom stereocenters. The summed E-state index contributed by atoms with van der Waals surface area (Å²) in [6.45, 7) is 0. The molecule has 0 radical (unpaired) electrons. The second-order valence-electron chi connectivity index (χ2n) is 8.23. The molecule has 1 aromatic heterocycles. The summed E-state index contributed by atoms with van der Waals surface area (Å²) < 4.78 is 0.992. The van der Waals surface area contributed by atoms with E-state index in [0.717, 1.165) is 31.5 Å². The molecule has 7 nitrogen and oxygen atoms in total. The van der Waals surface area contributed by atoms with Gasteiger partial charge < -0.3 is 11.1 Å². The van der Waals surface area contributed by atoms with E-state index in [1.165, 1.54) is 14.1 Å². The van der Waals surface area contributed by atoms with Crippen molar-refractivity contribution in [2.75, 3.05) is 7.05 Å². The van der Waals surface area contributed by atoms with Gasteiger partial charge in [0.05, 0.1) is 16.3 Å². The van der Waals surface area contributed by atoms with Crippen molar-refractivity contribution >= 4 is 65.7 Å². The molecular weight excluding hydrogens is 418 g/mol. The Hall–Kier alpha value is -4.52. The fourth-order valence-corrected chi connectivity index (χ4v) is 5.32. The number of rotatable bonds is 2. The molecule has 6 aromatic rings. The number of hydrogen-bond acceptors (Lipinski definition) is 4. The number of nitrogens with one attached hydrogen (secondary N) is 1. The molecule has 0 saturated carbocycles. The zero-order chi connectivity index (χ0) is 23.2. The van der Waals surface area contributed by atoms with Gasteiger partial charge in [0.1, 0.15) is 0 Å². The summed E-state index contributed by atoms with van der Waals surface area (Å²) in [6, 6.07) is 15.1. The molecule has 33 heavy (non-hydrogen) atoms. The van der Waals surface area contributed by atoms with Gasteiger partial charge in [-0.1, -0.05) is 42.5 Å². The van der Waals surface area contributed by atoms with Gasteiger partial charge >= 0.3 is 0 Å². The number of carbonyl (C=O) groups is 2. The Morgan fingerprint density at radius 1 is 0.758 bits per heavy atom. The van der Waals surface area contributed by atoms with E-state index in [4.69, 9.17) is 5.73 Å². The van der Waals surface area contributed by atoms with Crippen molar-refractivity contribution in [2.45, 2.75) is 0 Å². The molecule has 0 spiro atoms. The van der Waals surface area contributed by atoms with Gasteiger partial charge in [0.25, 0.3) is 17.0 Å². The SMILES string of the molecule is CNC(=O)c1ccc2c3cccc4cccc(c43)c3c4c(=O)n(C)c(=O)c4c(C(N)=O)c1c23. The molecule has 7 heteroatoms. The highest BCUT2D eigenvalue weighted by Gasteiger charge is 2.29. The largest absolute Gasteiger partial charge is 0.366 e. The van der Waals surface area contributed by atoms with Crippen molar-refractivity contribution in [1.82, 2.24) is 9.88 Å². The Bertz CT molecular complexity index is 1950. The van der Waals surface area contributed by atoms with Gasteiger partial charge in [-0.2, -0.15) is 0 Å². The summed E-state index contributed by atoms with van der Waals surface area (Å²) in [5, 5.41) is 8.53. The normalized spacial score (nSPS) is 11.9. The maximum Gasteiger partial charge on any atom is 0.262 e. The highest BCUT2D eigenvalue weighted by molar-refractivity contribution is 6.42. The lowest BCUT2D eigenvalue weighted by molar-refractivity contribution is 0.0964. The molecule has 0 atom stereocenters. The Kier molecular flexibility index (Phi) is 3.64. The molecule has 6 rings (SSSR count). The average Bonchev–Trinajstić information content (AvgIpc) is 3.04. The molecule has 3 N–H and O–H groups in total. The zero-order valence-electron chi connectivity index (χ0n) is 17.8. The van der Waals surface area contributed by atoms with Crippen molar-refractivity contribution < 1.29 is 9.59 Å². The summed E-state index contributed by atoms with van der Waals surface area (Å²) in [6.07, 6.45) is 0. The van der Waals surface area contributed by atoms with Gasteiger partial charge in [0.15, 0.2) is 0 Å². The number of aromatic nitrogens is 1. The smallest absolute Gasteiger partial charge is 0.262 e. The first-order chi connectivity index (χ1) is 15.9. The van der Waals surface area contributed by atoms with Crippen LogP contribution in [0.2, 0.25) is 0 Å². The third-order valence-corrected chi connectivity index (χ3v) is 6.67. The Morgan fingerprint density at radius 2 is 1.36 bits per heavy atom. The van der Waals surface area contributed by atoms with Crippen LogP contribution in [0, 0.1) is 0 Å². The molecular formula is C26H17N3O4. The fourth-order valence-electron chi connectivity index (χ4n) is 5.32. The van der Waals surface area contributed by atoms with Crippen molar-refractivity contribution in [3.8, 4) is 0 Å². The molecule has 0 fully saturated rings. The van der Waals surface area contributed by atoms with Gasteiger partial charge in [-0.15, -0.1) is 0 Å². The van der Waals surface area contributed by atoms with Crippen LogP contribution in [0.5, 0.6) is 0 Å². The maximum absolute atomic E-state index is 13.3. The molecule has 0 bridgehead atoms. The van der Waals surface area contributed by atoms with E-state index in [1.807, 2.05) is 42.5 Å². The second-order valence-corrected chi connectivity index (χ2v) is 8.23. The lowest BCUT2D eigenvalue weighted by atomic mass is 9.84. The molecule has 0 aliphatic rings. The minimum absolute atomic E-state index is 0.0452. The van der Waals surface area contributed by atoms with Crippen LogP contribution in [0.1, 0.15) is 20.7 Å². The van der Waals surface area contributed by atoms with Crippen molar-refractivity contribution in [3.05, 3.63) is 80.4 Å². The van der Waals surface area contributed by atoms with Gasteiger partial charge in [-0.3, -0.25) is 23.7 Å². The minimum Gasteiger partial charge on any atom is -0.366 e. The Morgan fingerprint density at radius 3 is 2.03 bits per heavy atom. The standard InChI is InChI=1S/C26H17N3O4/c1-28-24(31)15-10-9-13-12-7-3-5-11-6-4-8-14(16(11)12)18-17(13)19(15)20(23(27)30)22-21(18)25(32)29(2)26(22)33/h3-10H,1-2H3,(H2,27,30)(H,28,31). The monoisotopic (exact) mass is 435 g/mol. The molecule has 160 valence electrons. The van der Waals surface area contributed by atoms with Crippen LogP contribution in [-0.2, 0) is 7.05 Å². The highest BCUT2D eigenvalue weighted by atomic mass is 16.2. The van der Waals surface area contributed by atoms with Crippen molar-refractivity contribution in [2.24, 2.45) is 12.8 Å². The summed E-state index contributed by atoms with van der Waals surface area (Å²) in [4.78, 5) is 52.1. The lowest BCUT2D eigenvalue weighted by Gasteiger charge is -2.18. The number of amides is 2. The number of carbonyl (C=O) groups excluding carboxylic acids is 2. The Labute approximate surface area is 185 Å². The van der Waals surface area contributed by atoms with E-state index in [2.05, 4.69) is 5.32 Å². The van der Waals surface area contributed by atoms with Crippen LogP contribution in [0.4, 0.5) is 0 Å². The number of hydrogen-bond donors (Lipinski definition) is 2.